The van der Waals surface area contributed by atoms with Crippen LogP contribution in [0, 0.1) is 0 Å². The summed E-state index contributed by atoms with van der Waals surface area (Å²) in [6.07, 6.45) is 1.70. The molecule has 3 heteroatoms. The monoisotopic (exact) mass is 252 g/mol. The van der Waals surface area contributed by atoms with Crippen molar-refractivity contribution in [2.75, 3.05) is 6.54 Å². The third-order valence-corrected chi connectivity index (χ3v) is 3.13. The van der Waals surface area contributed by atoms with E-state index in [1.807, 2.05) is 24.3 Å². The lowest BCUT2D eigenvalue weighted by Gasteiger charge is -1.99. The van der Waals surface area contributed by atoms with Gasteiger partial charge in [-0.05, 0) is 36.2 Å². The van der Waals surface area contributed by atoms with Crippen LogP contribution < -0.4 is 5.73 Å². The number of nitrogens with two attached hydrogens (primary N) is 1. The molecular weight excluding hydrogens is 236 g/mol. The van der Waals surface area contributed by atoms with Crippen LogP contribution in [0.4, 0.5) is 0 Å². The number of hydrogen-bond donors (Lipinski definition) is 1. The lowest BCUT2D eigenvalue weighted by atomic mass is 10.1. The van der Waals surface area contributed by atoms with E-state index >= 15 is 0 Å². The Morgan fingerprint density at radius 3 is 2.63 bits per heavy atom. The van der Waals surface area contributed by atoms with Crippen LogP contribution in [0.2, 0.25) is 0 Å². The Labute approximate surface area is 112 Å². The highest BCUT2D eigenvalue weighted by atomic mass is 16.3. The average molecular weight is 252 g/mol. The number of rotatable bonds is 4. The highest BCUT2D eigenvalue weighted by molar-refractivity contribution is 5.80. The number of oxazole rings is 1. The van der Waals surface area contributed by atoms with Crippen LogP contribution in [-0.4, -0.2) is 11.5 Å². The molecule has 0 unspecified atom stereocenters. The zero-order valence-corrected chi connectivity index (χ0v) is 10.7. The van der Waals surface area contributed by atoms with E-state index in [9.17, 15) is 0 Å². The van der Waals surface area contributed by atoms with Crippen molar-refractivity contribution in [3.05, 3.63) is 54.4 Å². The fourth-order valence-corrected chi connectivity index (χ4v) is 2.15. The molecule has 0 radical (unpaired) electrons. The zero-order valence-electron chi connectivity index (χ0n) is 10.7. The van der Waals surface area contributed by atoms with E-state index in [0.717, 1.165) is 35.4 Å². The summed E-state index contributed by atoms with van der Waals surface area (Å²) in [5, 5.41) is 0. The second-order valence-corrected chi connectivity index (χ2v) is 4.55. The van der Waals surface area contributed by atoms with Gasteiger partial charge in [0.25, 0.3) is 0 Å². The van der Waals surface area contributed by atoms with E-state index in [-0.39, 0.29) is 0 Å². The predicted molar refractivity (Wildman–Crippen MR) is 76.8 cm³/mol. The van der Waals surface area contributed by atoms with Crippen molar-refractivity contribution < 1.29 is 4.42 Å². The third kappa shape index (κ3) is 2.51. The lowest BCUT2D eigenvalue weighted by molar-refractivity contribution is 0.521. The molecule has 1 aromatic heterocycles. The van der Waals surface area contributed by atoms with Gasteiger partial charge in [0, 0.05) is 6.42 Å². The van der Waals surface area contributed by atoms with Gasteiger partial charge in [0.05, 0.1) is 0 Å². The summed E-state index contributed by atoms with van der Waals surface area (Å²) in [6.45, 7) is 0.661. The summed E-state index contributed by atoms with van der Waals surface area (Å²) in [6, 6.07) is 16.4. The van der Waals surface area contributed by atoms with E-state index in [1.54, 1.807) is 0 Å². The Morgan fingerprint density at radius 2 is 1.84 bits per heavy atom. The van der Waals surface area contributed by atoms with Crippen molar-refractivity contribution in [2.24, 2.45) is 5.73 Å². The Balaban J connectivity index is 1.97. The van der Waals surface area contributed by atoms with E-state index in [0.29, 0.717) is 6.54 Å². The molecule has 0 atom stereocenters. The minimum absolute atomic E-state index is 0.661. The quantitative estimate of drug-likeness (QED) is 0.774. The van der Waals surface area contributed by atoms with E-state index in [4.69, 9.17) is 10.2 Å². The summed E-state index contributed by atoms with van der Waals surface area (Å²) < 4.78 is 5.69. The maximum absolute atomic E-state index is 5.69. The van der Waals surface area contributed by atoms with Crippen LogP contribution >= 0.6 is 0 Å². The fourth-order valence-electron chi connectivity index (χ4n) is 2.15. The van der Waals surface area contributed by atoms with E-state index < -0.39 is 0 Å². The molecule has 3 rings (SSSR count). The van der Waals surface area contributed by atoms with Crippen molar-refractivity contribution in [2.45, 2.75) is 12.8 Å². The van der Waals surface area contributed by atoms with Gasteiger partial charge in [-0.1, -0.05) is 36.4 Å². The van der Waals surface area contributed by atoms with Crippen LogP contribution in [0.3, 0.4) is 0 Å². The van der Waals surface area contributed by atoms with Crippen molar-refractivity contribution >= 4 is 11.1 Å². The van der Waals surface area contributed by atoms with Crippen LogP contribution in [-0.2, 0) is 6.42 Å². The number of aromatic nitrogens is 1. The van der Waals surface area contributed by atoms with E-state index in [1.165, 1.54) is 5.56 Å². The van der Waals surface area contributed by atoms with Gasteiger partial charge < -0.3 is 10.2 Å². The van der Waals surface area contributed by atoms with Crippen molar-refractivity contribution in [1.29, 1.82) is 0 Å². The number of fused-ring (bicyclic) bond motifs is 1. The second-order valence-electron chi connectivity index (χ2n) is 4.55. The highest BCUT2D eigenvalue weighted by Crippen LogP contribution is 2.24. The highest BCUT2D eigenvalue weighted by Gasteiger charge is 2.06. The number of aryl methyl sites for hydroxylation is 1. The Hall–Kier alpha value is -2.13. The molecule has 0 aliphatic carbocycles. The molecule has 3 aromatic rings. The van der Waals surface area contributed by atoms with Gasteiger partial charge in [-0.3, -0.25) is 0 Å². The molecule has 96 valence electrons. The maximum Gasteiger partial charge on any atom is 0.195 e. The van der Waals surface area contributed by atoms with Crippen LogP contribution in [0.25, 0.3) is 22.2 Å². The summed E-state index contributed by atoms with van der Waals surface area (Å²) in [5.41, 5.74) is 9.60. The van der Waals surface area contributed by atoms with Gasteiger partial charge in [0.1, 0.15) is 5.52 Å². The molecule has 0 saturated carbocycles. The smallest absolute Gasteiger partial charge is 0.195 e. The summed E-state index contributed by atoms with van der Waals surface area (Å²) >= 11 is 0. The molecule has 2 aromatic carbocycles. The summed E-state index contributed by atoms with van der Waals surface area (Å²) in [4.78, 5) is 4.51. The number of hydrogen-bond acceptors (Lipinski definition) is 3. The number of nitrogens with zero attached hydrogens (tertiary/aromatic N) is 1. The number of benzene rings is 2. The summed E-state index contributed by atoms with van der Waals surface area (Å²) in [7, 11) is 0. The maximum atomic E-state index is 5.69. The normalized spacial score (nSPS) is 11.0. The molecule has 0 spiro atoms. The predicted octanol–water partition coefficient (Wildman–Crippen LogP) is 3.39. The first-order valence-corrected chi connectivity index (χ1v) is 6.52. The molecule has 0 saturated heterocycles. The van der Waals surface area contributed by atoms with Crippen LogP contribution in [0.5, 0.6) is 0 Å². The van der Waals surface area contributed by atoms with Gasteiger partial charge >= 0.3 is 0 Å². The van der Waals surface area contributed by atoms with Gasteiger partial charge in [-0.2, -0.15) is 0 Å². The Morgan fingerprint density at radius 1 is 1.00 bits per heavy atom. The average Bonchev–Trinajstić information content (AvgIpc) is 2.87. The second kappa shape index (κ2) is 5.24. The van der Waals surface area contributed by atoms with Crippen LogP contribution in [0.15, 0.2) is 52.9 Å². The van der Waals surface area contributed by atoms with Gasteiger partial charge in [0.15, 0.2) is 11.5 Å². The van der Waals surface area contributed by atoms with Crippen molar-refractivity contribution in [3.8, 4) is 11.1 Å². The van der Waals surface area contributed by atoms with Gasteiger partial charge in [0.2, 0.25) is 0 Å². The first kappa shape index (κ1) is 11.9. The molecule has 0 bridgehead atoms. The molecule has 0 aliphatic heterocycles. The topological polar surface area (TPSA) is 52.0 Å². The Bertz CT molecular complexity index is 674. The zero-order chi connectivity index (χ0) is 13.1. The molecule has 3 nitrogen and oxygen atoms in total. The molecular formula is C16H16N2O. The minimum Gasteiger partial charge on any atom is -0.441 e. The molecule has 1 heterocycles. The minimum atomic E-state index is 0.661. The van der Waals surface area contributed by atoms with Crippen molar-refractivity contribution in [1.82, 2.24) is 4.98 Å². The lowest BCUT2D eigenvalue weighted by Crippen LogP contribution is -2.00. The fraction of sp³-hybridized carbons (Fsp3) is 0.188. The molecule has 0 amide bonds. The first-order valence-electron chi connectivity index (χ1n) is 6.52. The molecule has 0 fully saturated rings. The molecule has 2 N–H and O–H groups in total. The standard InChI is InChI=1S/C16H16N2O/c17-10-4-7-16-18-14-11-13(8-9-15(14)19-16)12-5-2-1-3-6-12/h1-3,5-6,8-9,11H,4,7,10,17H2. The molecule has 19 heavy (non-hydrogen) atoms. The SMILES string of the molecule is NCCCc1nc2cc(-c3ccccc3)ccc2o1. The van der Waals surface area contributed by atoms with Crippen molar-refractivity contribution in [3.63, 3.8) is 0 Å². The third-order valence-electron chi connectivity index (χ3n) is 3.13. The van der Waals surface area contributed by atoms with E-state index in [2.05, 4.69) is 29.2 Å². The van der Waals surface area contributed by atoms with Gasteiger partial charge in [-0.15, -0.1) is 0 Å². The first-order chi connectivity index (χ1) is 9.36. The summed E-state index contributed by atoms with van der Waals surface area (Å²) in [5.74, 6) is 0.769. The Kier molecular flexibility index (Phi) is 3.29. The molecule has 0 aliphatic rings. The largest absolute Gasteiger partial charge is 0.441 e. The van der Waals surface area contributed by atoms with Crippen LogP contribution in [0.1, 0.15) is 12.3 Å². The van der Waals surface area contributed by atoms with Gasteiger partial charge in [-0.25, -0.2) is 4.98 Å².